The molecule has 144 valence electrons. The van der Waals surface area contributed by atoms with Gasteiger partial charge in [-0.15, -0.1) is 0 Å². The first-order chi connectivity index (χ1) is 13.0. The second-order valence-electron chi connectivity index (χ2n) is 6.77. The maximum atomic E-state index is 12.7. The fourth-order valence-electron chi connectivity index (χ4n) is 3.02. The van der Waals surface area contributed by atoms with Gasteiger partial charge >= 0.3 is 5.69 Å². The average molecular weight is 371 g/mol. The van der Waals surface area contributed by atoms with Gasteiger partial charge in [0, 0.05) is 20.1 Å². The number of aliphatic hydroxyl groups excluding tert-OH is 1. The minimum Gasteiger partial charge on any atom is -0.393 e. The Morgan fingerprint density at radius 3 is 2.67 bits per heavy atom. The van der Waals surface area contributed by atoms with Crippen molar-refractivity contribution in [3.63, 3.8) is 0 Å². The van der Waals surface area contributed by atoms with Crippen molar-refractivity contribution in [1.82, 2.24) is 19.1 Å². The van der Waals surface area contributed by atoms with E-state index in [1.807, 2.05) is 30.3 Å². The van der Waals surface area contributed by atoms with Crippen LogP contribution in [0.15, 0.2) is 39.9 Å². The predicted octanol–water partition coefficient (Wildman–Crippen LogP) is 1.59. The molecule has 0 fully saturated rings. The van der Waals surface area contributed by atoms with Crippen molar-refractivity contribution in [2.24, 2.45) is 7.05 Å². The van der Waals surface area contributed by atoms with E-state index < -0.39 is 0 Å². The van der Waals surface area contributed by atoms with Crippen LogP contribution in [-0.2, 0) is 20.1 Å². The van der Waals surface area contributed by atoms with Crippen molar-refractivity contribution in [2.75, 3.05) is 5.32 Å². The van der Waals surface area contributed by atoms with E-state index in [1.165, 1.54) is 9.13 Å². The average Bonchev–Trinajstić information content (AvgIpc) is 3.09. The van der Waals surface area contributed by atoms with Crippen molar-refractivity contribution in [2.45, 2.75) is 45.4 Å². The lowest BCUT2D eigenvalue weighted by Crippen LogP contribution is -2.39. The van der Waals surface area contributed by atoms with Gasteiger partial charge in [-0.05, 0) is 31.7 Å². The summed E-state index contributed by atoms with van der Waals surface area (Å²) in [5.74, 6) is 0.452. The number of H-pyrrole nitrogens is 1. The lowest BCUT2D eigenvalue weighted by atomic mass is 10.2. The quantitative estimate of drug-likeness (QED) is 0.522. The van der Waals surface area contributed by atoms with Crippen LogP contribution in [0.4, 0.5) is 5.95 Å². The first-order valence-electron chi connectivity index (χ1n) is 9.12. The molecule has 0 aliphatic rings. The number of rotatable bonds is 8. The van der Waals surface area contributed by atoms with Gasteiger partial charge in [0.2, 0.25) is 5.95 Å². The summed E-state index contributed by atoms with van der Waals surface area (Å²) in [6.07, 6.45) is 1.67. The highest BCUT2D eigenvalue weighted by Crippen LogP contribution is 2.10. The van der Waals surface area contributed by atoms with Gasteiger partial charge in [0.1, 0.15) is 0 Å². The van der Waals surface area contributed by atoms with Gasteiger partial charge in [-0.2, -0.15) is 4.98 Å². The van der Waals surface area contributed by atoms with Crippen molar-refractivity contribution in [1.29, 1.82) is 0 Å². The summed E-state index contributed by atoms with van der Waals surface area (Å²) in [4.78, 5) is 32.6. The smallest absolute Gasteiger partial charge is 0.332 e. The first-order valence-corrected chi connectivity index (χ1v) is 9.12. The molecule has 0 aliphatic heterocycles. The second kappa shape index (κ2) is 8.22. The highest BCUT2D eigenvalue weighted by atomic mass is 16.3. The third kappa shape index (κ3) is 4.28. The standard InChI is InChI=1S/C19H25N5O3/c1-13(25)8-6-7-11-24-17(26)15-16(23(2)19(24)27)22-18(21-15)20-12-14-9-4-3-5-10-14/h3-5,9-10,13,25H,6-8,11-12H2,1-2H3,(H2,20,21,22). The van der Waals surface area contributed by atoms with E-state index in [-0.39, 0.29) is 17.4 Å². The fourth-order valence-corrected chi connectivity index (χ4v) is 3.02. The van der Waals surface area contributed by atoms with E-state index in [1.54, 1.807) is 14.0 Å². The molecule has 1 aromatic carbocycles. The molecule has 0 saturated heterocycles. The Labute approximate surface area is 156 Å². The lowest BCUT2D eigenvalue weighted by Gasteiger charge is -2.08. The van der Waals surface area contributed by atoms with Crippen LogP contribution < -0.4 is 16.6 Å². The zero-order valence-electron chi connectivity index (χ0n) is 15.6. The fraction of sp³-hybridized carbons (Fsp3) is 0.421. The van der Waals surface area contributed by atoms with Crippen molar-refractivity contribution >= 4 is 17.1 Å². The Hall–Kier alpha value is -2.87. The predicted molar refractivity (Wildman–Crippen MR) is 105 cm³/mol. The molecule has 2 aromatic heterocycles. The molecule has 1 unspecified atom stereocenters. The summed E-state index contributed by atoms with van der Waals surface area (Å²) >= 11 is 0. The summed E-state index contributed by atoms with van der Waals surface area (Å²) in [6.45, 7) is 2.61. The molecule has 3 aromatic rings. The third-order valence-electron chi connectivity index (χ3n) is 4.54. The number of nitrogens with one attached hydrogen (secondary N) is 2. The molecule has 0 bridgehead atoms. The Bertz CT molecular complexity index is 1020. The Kier molecular flexibility index (Phi) is 5.75. The van der Waals surface area contributed by atoms with Gasteiger partial charge in [0.25, 0.3) is 5.56 Å². The molecular formula is C19H25N5O3. The van der Waals surface area contributed by atoms with Gasteiger partial charge in [-0.25, -0.2) is 4.79 Å². The zero-order chi connectivity index (χ0) is 19.4. The van der Waals surface area contributed by atoms with Crippen LogP contribution in [0.25, 0.3) is 11.2 Å². The molecule has 8 heteroatoms. The topological polar surface area (TPSA) is 105 Å². The van der Waals surface area contributed by atoms with Crippen LogP contribution in [0.1, 0.15) is 31.7 Å². The summed E-state index contributed by atoms with van der Waals surface area (Å²) in [7, 11) is 1.61. The van der Waals surface area contributed by atoms with Crippen LogP contribution in [0.2, 0.25) is 0 Å². The van der Waals surface area contributed by atoms with Gasteiger partial charge in [-0.1, -0.05) is 30.3 Å². The number of nitrogens with zero attached hydrogens (tertiary/aromatic N) is 3. The van der Waals surface area contributed by atoms with E-state index in [9.17, 15) is 14.7 Å². The zero-order valence-corrected chi connectivity index (χ0v) is 15.6. The number of hydrogen-bond donors (Lipinski definition) is 3. The Morgan fingerprint density at radius 2 is 1.96 bits per heavy atom. The number of anilines is 1. The molecule has 8 nitrogen and oxygen atoms in total. The monoisotopic (exact) mass is 371 g/mol. The summed E-state index contributed by atoms with van der Waals surface area (Å²) in [5, 5.41) is 12.5. The molecule has 0 saturated carbocycles. The van der Waals surface area contributed by atoms with E-state index in [4.69, 9.17) is 0 Å². The SMILES string of the molecule is CC(O)CCCCn1c(=O)c2[nH]c(NCc3ccccc3)nc2n(C)c1=O. The van der Waals surface area contributed by atoms with Gasteiger partial charge in [0.15, 0.2) is 11.2 Å². The molecule has 3 N–H and O–H groups in total. The van der Waals surface area contributed by atoms with Crippen molar-refractivity contribution in [3.05, 3.63) is 56.7 Å². The van der Waals surface area contributed by atoms with E-state index >= 15 is 0 Å². The second-order valence-corrected chi connectivity index (χ2v) is 6.77. The normalized spacial score (nSPS) is 12.4. The molecule has 0 amide bonds. The van der Waals surface area contributed by atoms with Crippen LogP contribution in [-0.4, -0.2) is 30.3 Å². The van der Waals surface area contributed by atoms with Crippen LogP contribution >= 0.6 is 0 Å². The van der Waals surface area contributed by atoms with Crippen molar-refractivity contribution < 1.29 is 5.11 Å². The minimum absolute atomic E-state index is 0.309. The van der Waals surface area contributed by atoms with Gasteiger partial charge in [-0.3, -0.25) is 13.9 Å². The number of aromatic amines is 1. The number of hydrogen-bond acceptors (Lipinski definition) is 5. The van der Waals surface area contributed by atoms with Crippen molar-refractivity contribution in [3.8, 4) is 0 Å². The maximum Gasteiger partial charge on any atom is 0.332 e. The minimum atomic E-state index is -0.384. The molecule has 2 heterocycles. The Morgan fingerprint density at radius 1 is 1.22 bits per heavy atom. The summed E-state index contributed by atoms with van der Waals surface area (Å²) < 4.78 is 2.61. The number of benzene rings is 1. The molecule has 3 rings (SSSR count). The number of imidazole rings is 1. The highest BCUT2D eigenvalue weighted by Gasteiger charge is 2.15. The number of unbranched alkanes of at least 4 members (excludes halogenated alkanes) is 1. The van der Waals surface area contributed by atoms with Crippen LogP contribution in [0.3, 0.4) is 0 Å². The van der Waals surface area contributed by atoms with Gasteiger partial charge in [0.05, 0.1) is 6.10 Å². The summed E-state index contributed by atoms with van der Waals surface area (Å²) in [6, 6.07) is 9.84. The Balaban J connectivity index is 1.83. The molecule has 27 heavy (non-hydrogen) atoms. The largest absolute Gasteiger partial charge is 0.393 e. The number of aliphatic hydroxyl groups is 1. The van der Waals surface area contributed by atoms with Crippen LogP contribution in [0, 0.1) is 0 Å². The number of fused-ring (bicyclic) bond motifs is 1. The third-order valence-corrected chi connectivity index (χ3v) is 4.54. The molecule has 1 atom stereocenters. The maximum absolute atomic E-state index is 12.7. The van der Waals surface area contributed by atoms with Gasteiger partial charge < -0.3 is 15.4 Å². The highest BCUT2D eigenvalue weighted by molar-refractivity contribution is 5.72. The van der Waals surface area contributed by atoms with E-state index in [2.05, 4.69) is 15.3 Å². The number of aryl methyl sites for hydroxylation is 1. The van der Waals surface area contributed by atoms with Crippen LogP contribution in [0.5, 0.6) is 0 Å². The molecule has 0 aliphatic carbocycles. The summed E-state index contributed by atoms with van der Waals surface area (Å²) in [5.41, 5.74) is 0.974. The lowest BCUT2D eigenvalue weighted by molar-refractivity contribution is 0.180. The van der Waals surface area contributed by atoms with E-state index in [0.29, 0.717) is 43.0 Å². The first kappa shape index (κ1) is 18.9. The molecule has 0 radical (unpaired) electrons. The number of aromatic nitrogens is 4. The molecular weight excluding hydrogens is 346 g/mol. The van der Waals surface area contributed by atoms with E-state index in [0.717, 1.165) is 12.0 Å². The molecule has 0 spiro atoms.